The molecule has 5 heteroatoms. The first-order valence-corrected chi connectivity index (χ1v) is 7.84. The van der Waals surface area contributed by atoms with Gasteiger partial charge in [-0.3, -0.25) is 4.79 Å². The largest absolute Gasteiger partial charge is 0.355 e. The van der Waals surface area contributed by atoms with E-state index in [9.17, 15) is 4.79 Å². The fraction of sp³-hybridized carbons (Fsp3) is 0.583. The zero-order valence-corrected chi connectivity index (χ0v) is 11.8. The number of nitrogens with one attached hydrogen (secondary N) is 1. The van der Waals surface area contributed by atoms with Crippen LogP contribution >= 0.6 is 23.1 Å². The molecule has 1 aromatic rings. The van der Waals surface area contributed by atoms with Gasteiger partial charge in [-0.1, -0.05) is 6.07 Å². The van der Waals surface area contributed by atoms with Gasteiger partial charge in [-0.25, -0.2) is 0 Å². The van der Waals surface area contributed by atoms with Crippen molar-refractivity contribution in [2.45, 2.75) is 25.8 Å². The number of thiophene rings is 1. The second kappa shape index (κ2) is 8.55. The minimum Gasteiger partial charge on any atom is -0.355 e. The third-order valence-electron chi connectivity index (χ3n) is 2.22. The molecule has 3 N–H and O–H groups in total. The quantitative estimate of drug-likeness (QED) is 0.710. The molecule has 96 valence electrons. The number of hydrogen-bond donors (Lipinski definition) is 2. The highest BCUT2D eigenvalue weighted by Crippen LogP contribution is 2.08. The molecule has 1 heterocycles. The Morgan fingerprint density at radius 3 is 3.12 bits per heavy atom. The summed E-state index contributed by atoms with van der Waals surface area (Å²) in [6, 6.07) is 4.35. The molecule has 0 saturated carbocycles. The minimum atomic E-state index is 0.122. The van der Waals surface area contributed by atoms with Crippen molar-refractivity contribution >= 4 is 29.0 Å². The number of hydrogen-bond acceptors (Lipinski definition) is 4. The molecule has 3 nitrogen and oxygen atoms in total. The molecule has 1 unspecified atom stereocenters. The van der Waals surface area contributed by atoms with E-state index in [0.29, 0.717) is 5.75 Å². The Balaban J connectivity index is 1.98. The zero-order valence-electron chi connectivity index (χ0n) is 10.1. The molecular weight excluding hydrogens is 252 g/mol. The van der Waals surface area contributed by atoms with E-state index >= 15 is 0 Å². The first-order valence-electron chi connectivity index (χ1n) is 5.81. The van der Waals surface area contributed by atoms with Crippen LogP contribution in [0.5, 0.6) is 0 Å². The molecule has 1 aromatic heterocycles. The zero-order chi connectivity index (χ0) is 12.5. The minimum absolute atomic E-state index is 0.122. The van der Waals surface area contributed by atoms with Gasteiger partial charge in [-0.15, -0.1) is 11.3 Å². The van der Waals surface area contributed by atoms with Crippen LogP contribution in [0.1, 0.15) is 18.2 Å². The van der Waals surface area contributed by atoms with Crippen molar-refractivity contribution in [3.05, 3.63) is 22.4 Å². The Kier molecular flexibility index (Phi) is 7.32. The molecule has 1 amide bonds. The molecule has 0 bridgehead atoms. The molecule has 0 spiro atoms. The average Bonchev–Trinajstić information content (AvgIpc) is 2.77. The molecule has 1 rings (SSSR count). The molecule has 0 aromatic carbocycles. The first kappa shape index (κ1) is 14.5. The van der Waals surface area contributed by atoms with E-state index in [0.717, 1.165) is 25.1 Å². The standard InChI is InChI=1S/C12H20N2OS2/c1-10(13)5-8-16-9-12(15)14-6-4-11-3-2-7-17-11/h2-3,7,10H,4-6,8-9,13H2,1H3,(H,14,15). The normalized spacial score (nSPS) is 12.4. The summed E-state index contributed by atoms with van der Waals surface area (Å²) in [5.74, 6) is 1.61. The van der Waals surface area contributed by atoms with Crippen LogP contribution in [0.15, 0.2) is 17.5 Å². The van der Waals surface area contributed by atoms with Gasteiger partial charge in [0, 0.05) is 17.5 Å². The first-order chi connectivity index (χ1) is 8.18. The van der Waals surface area contributed by atoms with E-state index in [1.165, 1.54) is 4.88 Å². The lowest BCUT2D eigenvalue weighted by Gasteiger charge is -2.05. The van der Waals surface area contributed by atoms with E-state index < -0.39 is 0 Å². The monoisotopic (exact) mass is 272 g/mol. The summed E-state index contributed by atoms with van der Waals surface area (Å²) in [6.07, 6.45) is 1.89. The lowest BCUT2D eigenvalue weighted by atomic mass is 10.3. The van der Waals surface area contributed by atoms with Crippen molar-refractivity contribution in [3.8, 4) is 0 Å². The predicted octanol–water partition coefficient (Wildman–Crippen LogP) is 1.88. The van der Waals surface area contributed by atoms with Gasteiger partial charge in [0.1, 0.15) is 0 Å². The van der Waals surface area contributed by atoms with Gasteiger partial charge >= 0.3 is 0 Å². The third-order valence-corrected chi connectivity index (χ3v) is 4.15. The van der Waals surface area contributed by atoms with Gasteiger partial charge in [0.25, 0.3) is 0 Å². The van der Waals surface area contributed by atoms with Crippen molar-refractivity contribution in [1.29, 1.82) is 0 Å². The van der Waals surface area contributed by atoms with Crippen molar-refractivity contribution in [2.75, 3.05) is 18.1 Å². The van der Waals surface area contributed by atoms with Gasteiger partial charge in [0.2, 0.25) is 5.91 Å². The van der Waals surface area contributed by atoms with E-state index in [1.54, 1.807) is 23.1 Å². The number of rotatable bonds is 8. The second-order valence-electron chi connectivity index (χ2n) is 4.00. The molecule has 0 saturated heterocycles. The summed E-state index contributed by atoms with van der Waals surface area (Å²) >= 11 is 3.38. The maximum atomic E-state index is 11.5. The van der Waals surface area contributed by atoms with Crippen LogP contribution in [0.3, 0.4) is 0 Å². The number of carbonyl (C=O) groups excluding carboxylic acids is 1. The van der Waals surface area contributed by atoms with Crippen LogP contribution in [0.4, 0.5) is 0 Å². The second-order valence-corrected chi connectivity index (χ2v) is 6.14. The molecule has 0 aliphatic carbocycles. The van der Waals surface area contributed by atoms with Crippen molar-refractivity contribution in [1.82, 2.24) is 5.32 Å². The lowest BCUT2D eigenvalue weighted by molar-refractivity contribution is -0.118. The number of nitrogens with two attached hydrogens (primary N) is 1. The van der Waals surface area contributed by atoms with Gasteiger partial charge in [0.15, 0.2) is 0 Å². The fourth-order valence-corrected chi connectivity index (χ4v) is 2.94. The summed E-state index contributed by atoms with van der Waals surface area (Å²) in [5.41, 5.74) is 5.63. The maximum absolute atomic E-state index is 11.5. The Bertz CT molecular complexity index is 312. The van der Waals surface area contributed by atoms with Crippen LogP contribution in [0, 0.1) is 0 Å². The highest BCUT2D eigenvalue weighted by Gasteiger charge is 2.02. The van der Waals surface area contributed by atoms with Crippen molar-refractivity contribution in [2.24, 2.45) is 5.73 Å². The predicted molar refractivity (Wildman–Crippen MR) is 76.6 cm³/mol. The topological polar surface area (TPSA) is 55.1 Å². The van der Waals surface area contributed by atoms with Crippen LogP contribution < -0.4 is 11.1 Å². The Hall–Kier alpha value is -0.520. The van der Waals surface area contributed by atoms with E-state index in [2.05, 4.69) is 16.8 Å². The smallest absolute Gasteiger partial charge is 0.230 e. The average molecular weight is 272 g/mol. The van der Waals surface area contributed by atoms with Crippen LogP contribution in [-0.2, 0) is 11.2 Å². The van der Waals surface area contributed by atoms with Crippen molar-refractivity contribution in [3.63, 3.8) is 0 Å². The third kappa shape index (κ3) is 7.41. The van der Waals surface area contributed by atoms with E-state index in [-0.39, 0.29) is 11.9 Å². The number of thioether (sulfide) groups is 1. The van der Waals surface area contributed by atoms with Crippen LogP contribution in [0.25, 0.3) is 0 Å². The Labute approximate surface area is 111 Å². The van der Waals surface area contributed by atoms with Gasteiger partial charge in [-0.2, -0.15) is 11.8 Å². The molecule has 0 radical (unpaired) electrons. The summed E-state index contributed by atoms with van der Waals surface area (Å²) < 4.78 is 0. The molecule has 0 fully saturated rings. The Morgan fingerprint density at radius 1 is 1.65 bits per heavy atom. The van der Waals surface area contributed by atoms with Gasteiger partial charge < -0.3 is 11.1 Å². The maximum Gasteiger partial charge on any atom is 0.230 e. The van der Waals surface area contributed by atoms with Crippen molar-refractivity contribution < 1.29 is 4.79 Å². The van der Waals surface area contributed by atoms with Gasteiger partial charge in [-0.05, 0) is 37.0 Å². The highest BCUT2D eigenvalue weighted by molar-refractivity contribution is 7.99. The van der Waals surface area contributed by atoms with E-state index in [1.807, 2.05) is 13.0 Å². The van der Waals surface area contributed by atoms with Crippen LogP contribution in [0.2, 0.25) is 0 Å². The molecule has 17 heavy (non-hydrogen) atoms. The highest BCUT2D eigenvalue weighted by atomic mass is 32.2. The summed E-state index contributed by atoms with van der Waals surface area (Å²) in [6.45, 7) is 2.72. The van der Waals surface area contributed by atoms with E-state index in [4.69, 9.17) is 5.73 Å². The molecule has 0 aliphatic rings. The fourth-order valence-electron chi connectivity index (χ4n) is 1.27. The molecular formula is C12H20N2OS2. The molecule has 0 aliphatic heterocycles. The number of amides is 1. The number of carbonyl (C=O) groups is 1. The van der Waals surface area contributed by atoms with Crippen LogP contribution in [-0.4, -0.2) is 30.0 Å². The molecule has 1 atom stereocenters. The summed E-state index contributed by atoms with van der Waals surface area (Å²) in [4.78, 5) is 12.8. The summed E-state index contributed by atoms with van der Waals surface area (Å²) in [7, 11) is 0. The Morgan fingerprint density at radius 2 is 2.47 bits per heavy atom. The van der Waals surface area contributed by atoms with Gasteiger partial charge in [0.05, 0.1) is 5.75 Å². The SMILES string of the molecule is CC(N)CCSCC(=O)NCCc1cccs1. The summed E-state index contributed by atoms with van der Waals surface area (Å²) in [5, 5.41) is 4.98. The lowest BCUT2D eigenvalue weighted by Crippen LogP contribution is -2.27.